The summed E-state index contributed by atoms with van der Waals surface area (Å²) >= 11 is 0. The summed E-state index contributed by atoms with van der Waals surface area (Å²) in [6.45, 7) is 8.24. The third-order valence-electron chi connectivity index (χ3n) is 4.26. The molecule has 0 heterocycles. The van der Waals surface area contributed by atoms with Crippen LogP contribution in [0.4, 0.5) is 0 Å². The number of hydrogen-bond acceptors (Lipinski definition) is 3. The molecule has 0 bridgehead atoms. The van der Waals surface area contributed by atoms with E-state index < -0.39 is 0 Å². The third-order valence-corrected chi connectivity index (χ3v) is 4.26. The minimum absolute atomic E-state index is 0. The summed E-state index contributed by atoms with van der Waals surface area (Å²) in [4.78, 5) is 4.58. The van der Waals surface area contributed by atoms with Crippen molar-refractivity contribution in [2.45, 2.75) is 33.2 Å². The normalized spacial score (nSPS) is 12.1. The first kappa shape index (κ1) is 23.1. The molecule has 27 heavy (non-hydrogen) atoms. The van der Waals surface area contributed by atoms with Crippen molar-refractivity contribution in [2.75, 3.05) is 20.2 Å². The number of methoxy groups -OCH3 is 1. The molecule has 6 heteroatoms. The summed E-state index contributed by atoms with van der Waals surface area (Å²) in [5.74, 6) is 2.02. The Morgan fingerprint density at radius 2 is 1.85 bits per heavy atom. The summed E-state index contributed by atoms with van der Waals surface area (Å²) in [5.41, 5.74) is 3.29. The smallest absolute Gasteiger partial charge is 0.191 e. The summed E-state index contributed by atoms with van der Waals surface area (Å²) < 4.78 is 5.21. The van der Waals surface area contributed by atoms with Gasteiger partial charge in [-0.3, -0.25) is 0 Å². The highest BCUT2D eigenvalue weighted by Crippen LogP contribution is 2.23. The van der Waals surface area contributed by atoms with Crippen molar-refractivity contribution in [1.29, 1.82) is 0 Å². The Morgan fingerprint density at radius 3 is 2.48 bits per heavy atom. The Labute approximate surface area is 179 Å². The van der Waals surface area contributed by atoms with E-state index in [2.05, 4.69) is 53.7 Å². The Balaban J connectivity index is 0.00000364. The van der Waals surface area contributed by atoms with Gasteiger partial charge in [0.1, 0.15) is 11.5 Å². The van der Waals surface area contributed by atoms with Gasteiger partial charge in [-0.25, -0.2) is 4.99 Å². The van der Waals surface area contributed by atoms with Crippen LogP contribution in [0, 0.1) is 6.92 Å². The van der Waals surface area contributed by atoms with Gasteiger partial charge in [-0.15, -0.1) is 24.0 Å². The first-order chi connectivity index (χ1) is 12.5. The number of phenolic OH excluding ortho intramolecular Hbond substituents is 1. The molecule has 0 aliphatic heterocycles. The van der Waals surface area contributed by atoms with Crippen molar-refractivity contribution in [3.05, 3.63) is 59.2 Å². The van der Waals surface area contributed by atoms with Gasteiger partial charge in [-0.2, -0.15) is 0 Å². The standard InChI is InChI=1S/C21H29N3O2.HI/c1-5-22-21(23-13-16(3)17-8-6-15(2)7-9-17)24-14-18-12-19(26-4)10-11-20(18)25;/h6-12,16,25H,5,13-14H2,1-4H3,(H2,22,23,24);1H. The number of ether oxygens (including phenoxy) is 1. The van der Waals surface area contributed by atoms with E-state index in [0.717, 1.165) is 24.6 Å². The molecule has 0 spiro atoms. The molecule has 5 nitrogen and oxygen atoms in total. The van der Waals surface area contributed by atoms with Crippen LogP contribution in [0.15, 0.2) is 47.5 Å². The number of halogens is 1. The number of nitrogens with zero attached hydrogens (tertiary/aromatic N) is 1. The van der Waals surface area contributed by atoms with E-state index in [-0.39, 0.29) is 29.7 Å². The highest BCUT2D eigenvalue weighted by atomic mass is 127. The molecule has 0 radical (unpaired) electrons. The van der Waals surface area contributed by atoms with Gasteiger partial charge >= 0.3 is 0 Å². The topological polar surface area (TPSA) is 65.9 Å². The number of hydrogen-bond donors (Lipinski definition) is 3. The summed E-state index contributed by atoms with van der Waals surface area (Å²) in [5, 5.41) is 16.6. The van der Waals surface area contributed by atoms with Gasteiger partial charge in [-0.1, -0.05) is 36.8 Å². The summed E-state index contributed by atoms with van der Waals surface area (Å²) in [7, 11) is 1.61. The SMILES string of the molecule is CCNC(=NCc1cc(OC)ccc1O)NCC(C)c1ccc(C)cc1.I. The predicted molar refractivity (Wildman–Crippen MR) is 122 cm³/mol. The lowest BCUT2D eigenvalue weighted by molar-refractivity contribution is 0.411. The van der Waals surface area contributed by atoms with Crippen LogP contribution >= 0.6 is 24.0 Å². The monoisotopic (exact) mass is 483 g/mol. The van der Waals surface area contributed by atoms with Crippen LogP contribution in [0.1, 0.15) is 36.5 Å². The quantitative estimate of drug-likeness (QED) is 0.314. The fourth-order valence-corrected chi connectivity index (χ4v) is 2.58. The number of phenols is 1. The van der Waals surface area contributed by atoms with Gasteiger partial charge in [0.15, 0.2) is 5.96 Å². The molecule has 0 aromatic heterocycles. The van der Waals surface area contributed by atoms with Crippen LogP contribution < -0.4 is 15.4 Å². The van der Waals surface area contributed by atoms with Crippen LogP contribution in [0.5, 0.6) is 11.5 Å². The minimum atomic E-state index is 0. The maximum absolute atomic E-state index is 10.00. The first-order valence-electron chi connectivity index (χ1n) is 8.98. The van der Waals surface area contributed by atoms with Crippen LogP contribution in [0.3, 0.4) is 0 Å². The van der Waals surface area contributed by atoms with Crippen molar-refractivity contribution in [3.8, 4) is 11.5 Å². The molecule has 0 aliphatic carbocycles. The minimum Gasteiger partial charge on any atom is -0.508 e. The fourth-order valence-electron chi connectivity index (χ4n) is 2.58. The number of aryl methyl sites for hydroxylation is 1. The molecule has 148 valence electrons. The van der Waals surface area contributed by atoms with Crippen LogP contribution in [-0.4, -0.2) is 31.3 Å². The highest BCUT2D eigenvalue weighted by molar-refractivity contribution is 14.0. The van der Waals surface area contributed by atoms with E-state index in [1.54, 1.807) is 25.3 Å². The highest BCUT2D eigenvalue weighted by Gasteiger charge is 2.08. The van der Waals surface area contributed by atoms with Crippen molar-refractivity contribution < 1.29 is 9.84 Å². The van der Waals surface area contributed by atoms with Gasteiger partial charge in [0.2, 0.25) is 0 Å². The molecule has 0 aliphatic rings. The predicted octanol–water partition coefficient (Wildman–Crippen LogP) is 4.19. The van der Waals surface area contributed by atoms with Crippen molar-refractivity contribution in [1.82, 2.24) is 10.6 Å². The van der Waals surface area contributed by atoms with Gasteiger partial charge < -0.3 is 20.5 Å². The maximum Gasteiger partial charge on any atom is 0.191 e. The molecule has 2 aromatic rings. The Kier molecular flexibility index (Phi) is 9.99. The Hall–Kier alpha value is -1.96. The van der Waals surface area contributed by atoms with Crippen molar-refractivity contribution in [2.24, 2.45) is 4.99 Å². The third kappa shape index (κ3) is 7.28. The van der Waals surface area contributed by atoms with E-state index in [0.29, 0.717) is 18.2 Å². The molecule has 0 saturated carbocycles. The van der Waals surface area contributed by atoms with E-state index in [4.69, 9.17) is 4.74 Å². The number of nitrogens with one attached hydrogen (secondary N) is 2. The average Bonchev–Trinajstić information content (AvgIpc) is 2.65. The molecule has 2 aromatic carbocycles. The fraction of sp³-hybridized carbons (Fsp3) is 0.381. The van der Waals surface area contributed by atoms with E-state index in [1.807, 2.05) is 6.92 Å². The van der Waals surface area contributed by atoms with Crippen LogP contribution in [-0.2, 0) is 6.54 Å². The number of aliphatic imine (C=N–C) groups is 1. The van der Waals surface area contributed by atoms with Gasteiger partial charge in [0.25, 0.3) is 0 Å². The van der Waals surface area contributed by atoms with E-state index in [9.17, 15) is 5.11 Å². The van der Waals surface area contributed by atoms with Gasteiger partial charge in [0, 0.05) is 18.7 Å². The number of aromatic hydroxyl groups is 1. The molecular formula is C21H30IN3O2. The Bertz CT molecular complexity index is 733. The number of guanidine groups is 1. The molecule has 1 unspecified atom stereocenters. The second-order valence-corrected chi connectivity index (χ2v) is 6.38. The van der Waals surface area contributed by atoms with Crippen LogP contribution in [0.25, 0.3) is 0 Å². The molecule has 1 atom stereocenters. The molecular weight excluding hydrogens is 453 g/mol. The van der Waals surface area contributed by atoms with Crippen LogP contribution in [0.2, 0.25) is 0 Å². The van der Waals surface area contributed by atoms with E-state index in [1.165, 1.54) is 11.1 Å². The van der Waals surface area contributed by atoms with Crippen molar-refractivity contribution >= 4 is 29.9 Å². The largest absolute Gasteiger partial charge is 0.508 e. The van der Waals surface area contributed by atoms with Crippen molar-refractivity contribution in [3.63, 3.8) is 0 Å². The van der Waals surface area contributed by atoms with E-state index >= 15 is 0 Å². The second kappa shape index (κ2) is 11.7. The first-order valence-corrected chi connectivity index (χ1v) is 8.98. The zero-order valence-corrected chi connectivity index (χ0v) is 18.8. The number of benzene rings is 2. The zero-order valence-electron chi connectivity index (χ0n) is 16.5. The number of rotatable bonds is 7. The maximum atomic E-state index is 10.00. The molecule has 2 rings (SSSR count). The summed E-state index contributed by atoms with van der Waals surface area (Å²) in [6, 6.07) is 13.8. The van der Waals surface area contributed by atoms with Gasteiger partial charge in [0.05, 0.1) is 13.7 Å². The molecule has 3 N–H and O–H groups in total. The molecule has 0 amide bonds. The molecule has 0 fully saturated rings. The Morgan fingerprint density at radius 1 is 1.15 bits per heavy atom. The average molecular weight is 483 g/mol. The molecule has 0 saturated heterocycles. The summed E-state index contributed by atoms with van der Waals surface area (Å²) in [6.07, 6.45) is 0. The lowest BCUT2D eigenvalue weighted by Gasteiger charge is -2.16. The second-order valence-electron chi connectivity index (χ2n) is 6.38. The zero-order chi connectivity index (χ0) is 18.9. The lowest BCUT2D eigenvalue weighted by Crippen LogP contribution is -2.39. The lowest BCUT2D eigenvalue weighted by atomic mass is 10.0. The van der Waals surface area contributed by atoms with Gasteiger partial charge in [-0.05, 0) is 43.5 Å².